The fourth-order valence-electron chi connectivity index (χ4n) is 0.730. The Bertz CT molecular complexity index is 216. The Kier molecular flexibility index (Phi) is 2.28. The first kappa shape index (κ1) is 7.81. The molecule has 0 atom stereocenters. The quantitative estimate of drug-likeness (QED) is 0.608. The first-order valence-electron chi connectivity index (χ1n) is 3.34. The Morgan fingerprint density at radius 2 is 2.18 bits per heavy atom. The number of anilines is 2. The van der Waals surface area contributed by atoms with E-state index in [-0.39, 0.29) is 0 Å². The Morgan fingerprint density at radius 1 is 1.45 bits per heavy atom. The molecule has 0 aliphatic carbocycles. The lowest BCUT2D eigenvalue weighted by atomic mass is 10.4. The normalized spacial score (nSPS) is 10.1. The van der Waals surface area contributed by atoms with E-state index in [4.69, 9.17) is 5.73 Å². The minimum absolute atomic E-state index is 0.536. The van der Waals surface area contributed by atoms with Gasteiger partial charge in [0.1, 0.15) is 5.82 Å². The fraction of sp³-hybridized carbons (Fsp3) is 0.286. The minimum atomic E-state index is 0.536. The molecule has 0 aliphatic heterocycles. The van der Waals surface area contributed by atoms with Crippen LogP contribution in [0.3, 0.4) is 0 Å². The lowest BCUT2D eigenvalue weighted by Gasteiger charge is -2.12. The largest absolute Gasteiger partial charge is 0.384 e. The van der Waals surface area contributed by atoms with Crippen LogP contribution in [-0.4, -0.2) is 24.1 Å². The molecular weight excluding hydrogens is 140 g/mol. The third-order valence-corrected chi connectivity index (χ3v) is 1.14. The van der Waals surface area contributed by atoms with E-state index in [1.807, 2.05) is 25.2 Å². The fourth-order valence-corrected chi connectivity index (χ4v) is 0.730. The highest BCUT2D eigenvalue weighted by Gasteiger charge is 1.91. The van der Waals surface area contributed by atoms with E-state index in [1.54, 1.807) is 12.3 Å². The Labute approximate surface area is 66.0 Å². The van der Waals surface area contributed by atoms with Crippen molar-refractivity contribution in [3.8, 4) is 0 Å². The summed E-state index contributed by atoms with van der Waals surface area (Å²) in [5.74, 6) is 0.536. The van der Waals surface area contributed by atoms with Gasteiger partial charge in [0.05, 0.1) is 11.9 Å². The van der Waals surface area contributed by atoms with E-state index in [1.165, 1.54) is 0 Å². The van der Waals surface area contributed by atoms with Crippen molar-refractivity contribution in [2.45, 2.75) is 0 Å². The molecule has 0 bridgehead atoms. The standard InChI is InChI=1S/C7H12N4/c1-11(2)10-6-3-4-7(8)9-5-6/h3-5,10H,1-2H3,(H2,8,9). The Balaban J connectivity index is 2.66. The lowest BCUT2D eigenvalue weighted by Crippen LogP contribution is -2.19. The van der Waals surface area contributed by atoms with Gasteiger partial charge in [-0.15, -0.1) is 0 Å². The second kappa shape index (κ2) is 3.21. The summed E-state index contributed by atoms with van der Waals surface area (Å²) in [4.78, 5) is 3.92. The summed E-state index contributed by atoms with van der Waals surface area (Å²) in [5, 5.41) is 1.84. The number of hydrazine groups is 1. The van der Waals surface area contributed by atoms with Crippen molar-refractivity contribution in [2.24, 2.45) is 0 Å². The van der Waals surface area contributed by atoms with Crippen LogP contribution >= 0.6 is 0 Å². The van der Waals surface area contributed by atoms with Gasteiger partial charge < -0.3 is 11.2 Å². The van der Waals surface area contributed by atoms with Crippen LogP contribution in [0.1, 0.15) is 0 Å². The van der Waals surface area contributed by atoms with Crippen molar-refractivity contribution >= 4 is 11.5 Å². The monoisotopic (exact) mass is 152 g/mol. The first-order valence-corrected chi connectivity index (χ1v) is 3.34. The average molecular weight is 152 g/mol. The van der Waals surface area contributed by atoms with Crippen molar-refractivity contribution in [3.63, 3.8) is 0 Å². The molecule has 0 saturated carbocycles. The molecule has 4 heteroatoms. The molecule has 1 heterocycles. The lowest BCUT2D eigenvalue weighted by molar-refractivity contribution is 0.495. The van der Waals surface area contributed by atoms with Crippen molar-refractivity contribution in [3.05, 3.63) is 18.3 Å². The number of rotatable bonds is 2. The van der Waals surface area contributed by atoms with Gasteiger partial charge >= 0.3 is 0 Å². The highest BCUT2D eigenvalue weighted by molar-refractivity contribution is 5.44. The molecular formula is C7H12N4. The smallest absolute Gasteiger partial charge is 0.123 e. The van der Waals surface area contributed by atoms with E-state index < -0.39 is 0 Å². The predicted molar refractivity (Wildman–Crippen MR) is 46.0 cm³/mol. The third-order valence-electron chi connectivity index (χ3n) is 1.14. The molecule has 1 aromatic heterocycles. The first-order chi connectivity index (χ1) is 5.18. The SMILES string of the molecule is CN(C)Nc1ccc(N)nc1. The zero-order chi connectivity index (χ0) is 8.27. The summed E-state index contributed by atoms with van der Waals surface area (Å²) >= 11 is 0. The predicted octanol–water partition coefficient (Wildman–Crippen LogP) is 0.552. The zero-order valence-corrected chi connectivity index (χ0v) is 6.70. The van der Waals surface area contributed by atoms with Gasteiger partial charge in [-0.3, -0.25) is 0 Å². The summed E-state index contributed by atoms with van der Waals surface area (Å²) in [5.41, 5.74) is 9.39. The molecule has 1 aromatic rings. The van der Waals surface area contributed by atoms with Gasteiger partial charge in [0.15, 0.2) is 0 Å². The number of hydrogen-bond donors (Lipinski definition) is 2. The number of pyridine rings is 1. The summed E-state index contributed by atoms with van der Waals surface area (Å²) in [7, 11) is 3.83. The molecule has 60 valence electrons. The molecule has 3 N–H and O–H groups in total. The summed E-state index contributed by atoms with van der Waals surface area (Å²) in [6.07, 6.45) is 1.69. The molecule has 0 spiro atoms. The van der Waals surface area contributed by atoms with Crippen LogP contribution in [0.2, 0.25) is 0 Å². The highest BCUT2D eigenvalue weighted by Crippen LogP contribution is 2.06. The number of nitrogens with zero attached hydrogens (tertiary/aromatic N) is 2. The van der Waals surface area contributed by atoms with E-state index in [2.05, 4.69) is 10.4 Å². The molecule has 0 aromatic carbocycles. The molecule has 4 nitrogen and oxygen atoms in total. The Morgan fingerprint density at radius 3 is 2.64 bits per heavy atom. The zero-order valence-electron chi connectivity index (χ0n) is 6.70. The van der Waals surface area contributed by atoms with E-state index in [9.17, 15) is 0 Å². The molecule has 0 amide bonds. The van der Waals surface area contributed by atoms with Gasteiger partial charge in [0.25, 0.3) is 0 Å². The van der Waals surface area contributed by atoms with E-state index >= 15 is 0 Å². The Hall–Kier alpha value is -1.29. The molecule has 0 unspecified atom stereocenters. The van der Waals surface area contributed by atoms with Gasteiger partial charge in [0, 0.05) is 14.1 Å². The summed E-state index contributed by atoms with van der Waals surface area (Å²) in [6, 6.07) is 3.63. The maximum atomic E-state index is 5.40. The van der Waals surface area contributed by atoms with Gasteiger partial charge in [-0.05, 0) is 12.1 Å². The van der Waals surface area contributed by atoms with Crippen LogP contribution in [0.4, 0.5) is 11.5 Å². The molecule has 0 saturated heterocycles. The minimum Gasteiger partial charge on any atom is -0.384 e. The van der Waals surface area contributed by atoms with Gasteiger partial charge in [-0.25, -0.2) is 9.99 Å². The molecule has 11 heavy (non-hydrogen) atoms. The van der Waals surface area contributed by atoms with Crippen molar-refractivity contribution in [2.75, 3.05) is 25.3 Å². The van der Waals surface area contributed by atoms with Crippen LogP contribution in [-0.2, 0) is 0 Å². The van der Waals surface area contributed by atoms with Gasteiger partial charge in [-0.2, -0.15) is 0 Å². The number of hydrogen-bond acceptors (Lipinski definition) is 4. The molecule has 0 fully saturated rings. The third kappa shape index (κ3) is 2.43. The van der Waals surface area contributed by atoms with Crippen molar-refractivity contribution in [1.29, 1.82) is 0 Å². The number of aromatic nitrogens is 1. The van der Waals surface area contributed by atoms with Gasteiger partial charge in [-0.1, -0.05) is 0 Å². The molecule has 1 rings (SSSR count). The van der Waals surface area contributed by atoms with Crippen molar-refractivity contribution in [1.82, 2.24) is 9.99 Å². The topological polar surface area (TPSA) is 54.2 Å². The second-order valence-corrected chi connectivity index (χ2v) is 2.48. The molecule has 0 radical (unpaired) electrons. The maximum Gasteiger partial charge on any atom is 0.123 e. The van der Waals surface area contributed by atoms with E-state index in [0.717, 1.165) is 5.69 Å². The van der Waals surface area contributed by atoms with Gasteiger partial charge in [0.2, 0.25) is 0 Å². The summed E-state index contributed by atoms with van der Waals surface area (Å²) in [6.45, 7) is 0. The average Bonchev–Trinajstić information content (AvgIpc) is 1.93. The number of nitrogens with two attached hydrogens (primary N) is 1. The molecule has 0 aliphatic rings. The van der Waals surface area contributed by atoms with Crippen LogP contribution in [0, 0.1) is 0 Å². The number of nitrogen functional groups attached to an aromatic ring is 1. The highest BCUT2D eigenvalue weighted by atomic mass is 15.5. The second-order valence-electron chi connectivity index (χ2n) is 2.48. The van der Waals surface area contributed by atoms with Crippen molar-refractivity contribution < 1.29 is 0 Å². The van der Waals surface area contributed by atoms with E-state index in [0.29, 0.717) is 5.82 Å². The summed E-state index contributed by atoms with van der Waals surface area (Å²) < 4.78 is 0. The van der Waals surface area contributed by atoms with Crippen LogP contribution in [0.25, 0.3) is 0 Å². The number of nitrogens with one attached hydrogen (secondary N) is 1. The van der Waals surface area contributed by atoms with Crippen LogP contribution < -0.4 is 11.2 Å². The van der Waals surface area contributed by atoms with Crippen LogP contribution in [0.5, 0.6) is 0 Å². The van der Waals surface area contributed by atoms with Crippen LogP contribution in [0.15, 0.2) is 18.3 Å². The maximum absolute atomic E-state index is 5.40.